The quantitative estimate of drug-likeness (QED) is 0.628. The van der Waals surface area contributed by atoms with Gasteiger partial charge in [-0.05, 0) is 56.7 Å². The van der Waals surface area contributed by atoms with E-state index < -0.39 is 11.7 Å². The number of carbonyl (C=O) groups excluding carboxylic acids is 2. The number of benzene rings is 1. The van der Waals surface area contributed by atoms with Gasteiger partial charge in [-0.25, -0.2) is 9.97 Å². The highest BCUT2D eigenvalue weighted by atomic mass is 19.4. The van der Waals surface area contributed by atoms with Crippen LogP contribution >= 0.6 is 0 Å². The monoisotopic (exact) mass is 504 g/mol. The first-order valence-electron chi connectivity index (χ1n) is 12.7. The molecular formula is C25H31F3N6O2. The normalized spacial score (nSPS) is 24.0. The van der Waals surface area contributed by atoms with Crippen LogP contribution in [0.5, 0.6) is 0 Å². The van der Waals surface area contributed by atoms with Gasteiger partial charge in [-0.3, -0.25) is 14.5 Å². The van der Waals surface area contributed by atoms with E-state index in [1.54, 1.807) is 0 Å². The molecule has 0 spiro atoms. The molecule has 1 aromatic carbocycles. The summed E-state index contributed by atoms with van der Waals surface area (Å²) in [5.41, 5.74) is -0.418. The average Bonchev–Trinajstić information content (AvgIpc) is 2.84. The van der Waals surface area contributed by atoms with Gasteiger partial charge in [0.25, 0.3) is 0 Å². The fraction of sp³-hybridized carbons (Fsp3) is 0.600. The molecule has 2 saturated heterocycles. The van der Waals surface area contributed by atoms with Crippen molar-refractivity contribution in [1.29, 1.82) is 0 Å². The maximum atomic E-state index is 13.1. The van der Waals surface area contributed by atoms with E-state index in [4.69, 9.17) is 0 Å². The number of nitrogens with one attached hydrogen (secondary N) is 2. The second-order valence-electron chi connectivity index (χ2n) is 10.0. The van der Waals surface area contributed by atoms with Crippen LogP contribution in [-0.4, -0.2) is 75.9 Å². The van der Waals surface area contributed by atoms with Gasteiger partial charge in [-0.2, -0.15) is 13.2 Å². The number of anilines is 1. The van der Waals surface area contributed by atoms with E-state index in [1.807, 2.05) is 0 Å². The van der Waals surface area contributed by atoms with Gasteiger partial charge in [0.2, 0.25) is 11.8 Å². The maximum absolute atomic E-state index is 13.1. The van der Waals surface area contributed by atoms with Crippen molar-refractivity contribution in [3.63, 3.8) is 0 Å². The van der Waals surface area contributed by atoms with Crippen LogP contribution in [0, 0.1) is 0 Å². The minimum atomic E-state index is -4.47. The van der Waals surface area contributed by atoms with Crippen LogP contribution in [0.25, 0.3) is 10.9 Å². The molecule has 3 heterocycles. The largest absolute Gasteiger partial charge is 0.416 e. The first-order valence-corrected chi connectivity index (χ1v) is 12.7. The van der Waals surface area contributed by atoms with Crippen molar-refractivity contribution in [2.45, 2.75) is 69.2 Å². The first kappa shape index (κ1) is 24.7. The fourth-order valence-electron chi connectivity index (χ4n) is 5.67. The molecule has 2 aliphatic heterocycles. The lowest BCUT2D eigenvalue weighted by molar-refractivity contribution is -0.138. The van der Waals surface area contributed by atoms with Crippen LogP contribution < -0.4 is 10.6 Å². The van der Waals surface area contributed by atoms with Crippen LogP contribution in [-0.2, 0) is 15.8 Å². The second-order valence-corrected chi connectivity index (χ2v) is 10.0. The fourth-order valence-corrected chi connectivity index (χ4v) is 5.67. The third-order valence-corrected chi connectivity index (χ3v) is 7.64. The number of fused-ring (bicyclic) bond motifs is 1. The number of amides is 2. The lowest BCUT2D eigenvalue weighted by Gasteiger charge is -2.48. The minimum absolute atomic E-state index is 0.0553. The molecule has 3 aliphatic rings. The van der Waals surface area contributed by atoms with Crippen molar-refractivity contribution in [2.75, 3.05) is 31.5 Å². The number of aromatic nitrogens is 2. The molecule has 0 atom stereocenters. The SMILES string of the molecule is O=C(CNc1ncnc2ccc(C(F)(F)F)cc12)NC1CN(C2CCC(N3CCCCC3=O)CC2)C1. The standard InChI is InChI=1S/C25H31F3N6O2/c26-25(27,28)16-4-9-21-20(11-16)24(31-15-30-21)29-12-22(35)32-17-13-33(14-17)18-5-7-19(8-6-18)34-10-2-1-3-23(34)36/h4,9,11,15,17-19H,1-3,5-8,10,12-14H2,(H,32,35)(H,29,30,31). The van der Waals surface area contributed by atoms with E-state index >= 15 is 0 Å². The highest BCUT2D eigenvalue weighted by molar-refractivity contribution is 5.91. The Kier molecular flexibility index (Phi) is 7.00. The van der Waals surface area contributed by atoms with E-state index in [0.717, 1.165) is 70.3 Å². The van der Waals surface area contributed by atoms with E-state index in [2.05, 4.69) is 30.4 Å². The summed E-state index contributed by atoms with van der Waals surface area (Å²) in [6, 6.07) is 4.19. The van der Waals surface area contributed by atoms with E-state index in [0.29, 0.717) is 29.9 Å². The number of nitrogens with zero attached hydrogens (tertiary/aromatic N) is 4. The Morgan fingerprint density at radius 3 is 2.53 bits per heavy atom. The Hall–Kier alpha value is -2.95. The van der Waals surface area contributed by atoms with Gasteiger partial charge in [0, 0.05) is 43.5 Å². The average molecular weight is 505 g/mol. The smallest absolute Gasteiger partial charge is 0.360 e. The van der Waals surface area contributed by atoms with Crippen LogP contribution in [0.2, 0.25) is 0 Å². The molecule has 194 valence electrons. The summed E-state index contributed by atoms with van der Waals surface area (Å²) in [5, 5.41) is 6.06. The molecule has 0 radical (unpaired) electrons. The number of likely N-dealkylation sites (tertiary alicyclic amines) is 2. The summed E-state index contributed by atoms with van der Waals surface area (Å²) < 4.78 is 39.3. The maximum Gasteiger partial charge on any atom is 0.416 e. The third-order valence-electron chi connectivity index (χ3n) is 7.64. The zero-order valence-corrected chi connectivity index (χ0v) is 20.1. The lowest BCUT2D eigenvalue weighted by Crippen LogP contribution is -2.63. The molecule has 2 N–H and O–H groups in total. The Labute approximate surface area is 207 Å². The Morgan fingerprint density at radius 1 is 1.06 bits per heavy atom. The van der Waals surface area contributed by atoms with Gasteiger partial charge in [0.15, 0.2) is 0 Å². The Morgan fingerprint density at radius 2 is 1.81 bits per heavy atom. The van der Waals surface area contributed by atoms with Crippen molar-refractivity contribution in [2.24, 2.45) is 0 Å². The molecule has 0 bridgehead atoms. The van der Waals surface area contributed by atoms with Crippen molar-refractivity contribution < 1.29 is 22.8 Å². The van der Waals surface area contributed by atoms with Crippen LogP contribution in [0.1, 0.15) is 50.5 Å². The van der Waals surface area contributed by atoms with Crippen molar-refractivity contribution in [1.82, 2.24) is 25.1 Å². The number of rotatable bonds is 6. The molecule has 2 amide bonds. The van der Waals surface area contributed by atoms with Crippen LogP contribution in [0.3, 0.4) is 0 Å². The molecule has 3 fully saturated rings. The Bertz CT molecular complexity index is 1110. The van der Waals surface area contributed by atoms with E-state index in [9.17, 15) is 22.8 Å². The molecule has 1 aromatic heterocycles. The van der Waals surface area contributed by atoms with E-state index in [-0.39, 0.29) is 29.7 Å². The zero-order chi connectivity index (χ0) is 25.3. The molecule has 1 saturated carbocycles. The predicted octanol–water partition coefficient (Wildman–Crippen LogP) is 3.18. The van der Waals surface area contributed by atoms with Gasteiger partial charge in [0.1, 0.15) is 12.1 Å². The van der Waals surface area contributed by atoms with Gasteiger partial charge in [-0.1, -0.05) is 0 Å². The highest BCUT2D eigenvalue weighted by Crippen LogP contribution is 2.33. The number of halogens is 3. The summed E-state index contributed by atoms with van der Waals surface area (Å²) in [6.45, 7) is 2.38. The summed E-state index contributed by atoms with van der Waals surface area (Å²) >= 11 is 0. The molecule has 36 heavy (non-hydrogen) atoms. The van der Waals surface area contributed by atoms with Gasteiger partial charge >= 0.3 is 6.18 Å². The zero-order valence-electron chi connectivity index (χ0n) is 20.1. The van der Waals surface area contributed by atoms with Crippen LogP contribution in [0.4, 0.5) is 19.0 Å². The van der Waals surface area contributed by atoms with E-state index in [1.165, 1.54) is 12.4 Å². The number of carbonyl (C=O) groups is 2. The number of hydrogen-bond acceptors (Lipinski definition) is 6. The third kappa shape index (κ3) is 5.40. The summed E-state index contributed by atoms with van der Waals surface area (Å²) in [4.78, 5) is 37.2. The molecule has 1 aliphatic carbocycles. The first-order chi connectivity index (χ1) is 17.3. The lowest BCUT2D eigenvalue weighted by atomic mass is 9.86. The van der Waals surface area contributed by atoms with Gasteiger partial charge < -0.3 is 15.5 Å². The van der Waals surface area contributed by atoms with Gasteiger partial charge in [0.05, 0.1) is 23.7 Å². The molecule has 11 heteroatoms. The van der Waals surface area contributed by atoms with Crippen LogP contribution in [0.15, 0.2) is 24.5 Å². The van der Waals surface area contributed by atoms with Gasteiger partial charge in [-0.15, -0.1) is 0 Å². The number of hydrogen-bond donors (Lipinski definition) is 2. The molecule has 5 rings (SSSR count). The predicted molar refractivity (Wildman–Crippen MR) is 128 cm³/mol. The molecule has 2 aromatic rings. The number of piperidine rings is 1. The van der Waals surface area contributed by atoms with Crippen molar-refractivity contribution >= 4 is 28.5 Å². The minimum Gasteiger partial charge on any atom is -0.360 e. The van der Waals surface area contributed by atoms with Crippen molar-refractivity contribution in [3.8, 4) is 0 Å². The highest BCUT2D eigenvalue weighted by Gasteiger charge is 2.37. The summed E-state index contributed by atoms with van der Waals surface area (Å²) in [7, 11) is 0. The van der Waals surface area contributed by atoms with Crippen molar-refractivity contribution in [3.05, 3.63) is 30.1 Å². The Balaban J connectivity index is 1.07. The molecule has 8 nitrogen and oxygen atoms in total. The topological polar surface area (TPSA) is 90.5 Å². The molecule has 0 unspecified atom stereocenters. The molecular weight excluding hydrogens is 473 g/mol. The second kappa shape index (κ2) is 10.2. The number of alkyl halides is 3. The summed E-state index contributed by atoms with van der Waals surface area (Å²) in [5.74, 6) is 0.270. The summed E-state index contributed by atoms with van der Waals surface area (Å²) in [6.07, 6.45) is 3.80.